The van der Waals surface area contributed by atoms with Crippen LogP contribution in [0.5, 0.6) is 0 Å². The van der Waals surface area contributed by atoms with Crippen LogP contribution in [0.4, 0.5) is 11.4 Å². The molecule has 1 aliphatic carbocycles. The normalized spacial score (nSPS) is 21.0. The lowest BCUT2D eigenvalue weighted by Gasteiger charge is -2.45. The molecule has 1 aromatic rings. The molecule has 1 saturated carbocycles. The van der Waals surface area contributed by atoms with Gasteiger partial charge in [-0.15, -0.1) is 0 Å². The van der Waals surface area contributed by atoms with Crippen LogP contribution in [-0.2, 0) is 0 Å². The molecule has 0 unspecified atom stereocenters. The number of hydrogen-bond donors (Lipinski definition) is 1. The number of halogens is 1. The fourth-order valence-corrected chi connectivity index (χ4v) is 4.56. The first-order valence-corrected chi connectivity index (χ1v) is 8.36. The van der Waals surface area contributed by atoms with E-state index in [9.17, 15) is 10.1 Å². The highest BCUT2D eigenvalue weighted by Crippen LogP contribution is 2.46. The van der Waals surface area contributed by atoms with Crippen LogP contribution in [0.2, 0.25) is 0 Å². The summed E-state index contributed by atoms with van der Waals surface area (Å²) in [6.07, 6.45) is 3.49. The van der Waals surface area contributed by atoms with Gasteiger partial charge in [-0.2, -0.15) is 0 Å². The molecule has 0 bridgehead atoms. The summed E-state index contributed by atoms with van der Waals surface area (Å²) < 4.78 is 0.906. The molecule has 0 amide bonds. The van der Waals surface area contributed by atoms with Crippen molar-refractivity contribution >= 4 is 34.0 Å². The molecule has 21 heavy (non-hydrogen) atoms. The average molecular weight is 402 g/mol. The standard InChI is InChI=1S/C16H23IN2O2/c1-15(2)8-11(9-16(3,4)10-15)18-14-6-5-12(19(20)21)7-13(14)17/h5-7,11,18H,8-10H2,1-4H3. The molecule has 1 aliphatic rings. The van der Waals surface area contributed by atoms with Crippen LogP contribution in [0, 0.1) is 24.5 Å². The number of nitrogens with zero attached hydrogens (tertiary/aromatic N) is 1. The van der Waals surface area contributed by atoms with E-state index >= 15 is 0 Å². The molecule has 116 valence electrons. The van der Waals surface area contributed by atoms with Gasteiger partial charge < -0.3 is 5.32 Å². The lowest BCUT2D eigenvalue weighted by Crippen LogP contribution is -2.40. The number of nitrogens with one attached hydrogen (secondary N) is 1. The second kappa shape index (κ2) is 5.74. The molecule has 2 rings (SSSR count). The fraction of sp³-hybridized carbons (Fsp3) is 0.625. The molecule has 0 radical (unpaired) electrons. The maximum Gasteiger partial charge on any atom is 0.270 e. The van der Waals surface area contributed by atoms with Gasteiger partial charge in [0.25, 0.3) is 5.69 Å². The predicted octanol–water partition coefficient (Wildman–Crippen LogP) is 5.22. The van der Waals surface area contributed by atoms with Gasteiger partial charge in [0.15, 0.2) is 0 Å². The Kier molecular flexibility index (Phi) is 4.52. The largest absolute Gasteiger partial charge is 0.381 e. The number of rotatable bonds is 3. The maximum atomic E-state index is 10.8. The van der Waals surface area contributed by atoms with E-state index in [1.54, 1.807) is 12.1 Å². The zero-order chi connectivity index (χ0) is 15.8. The van der Waals surface area contributed by atoms with Crippen molar-refractivity contribution in [2.75, 3.05) is 5.32 Å². The Bertz CT molecular complexity index is 539. The Morgan fingerprint density at radius 3 is 2.29 bits per heavy atom. The zero-order valence-corrected chi connectivity index (χ0v) is 15.2. The summed E-state index contributed by atoms with van der Waals surface area (Å²) in [7, 11) is 0. The van der Waals surface area contributed by atoms with Gasteiger partial charge in [-0.05, 0) is 58.7 Å². The van der Waals surface area contributed by atoms with Crippen molar-refractivity contribution < 1.29 is 4.92 Å². The minimum Gasteiger partial charge on any atom is -0.381 e. The first-order chi connectivity index (χ1) is 9.58. The van der Waals surface area contributed by atoms with Gasteiger partial charge in [-0.25, -0.2) is 0 Å². The smallest absolute Gasteiger partial charge is 0.270 e. The average Bonchev–Trinajstić information content (AvgIpc) is 2.27. The van der Waals surface area contributed by atoms with Crippen LogP contribution in [0.15, 0.2) is 18.2 Å². The minimum absolute atomic E-state index is 0.147. The Labute approximate surface area is 140 Å². The molecule has 4 nitrogen and oxygen atoms in total. The summed E-state index contributed by atoms with van der Waals surface area (Å²) >= 11 is 2.17. The first-order valence-electron chi connectivity index (χ1n) is 7.29. The van der Waals surface area contributed by atoms with Crippen LogP contribution in [0.1, 0.15) is 47.0 Å². The Morgan fingerprint density at radius 2 is 1.81 bits per heavy atom. The molecule has 0 saturated heterocycles. The molecule has 0 atom stereocenters. The number of nitro groups is 1. The summed E-state index contributed by atoms with van der Waals surface area (Å²) in [6.45, 7) is 9.29. The fourth-order valence-electron chi connectivity index (χ4n) is 3.90. The van der Waals surface area contributed by atoms with E-state index < -0.39 is 0 Å². The van der Waals surface area contributed by atoms with Crippen molar-refractivity contribution in [1.29, 1.82) is 0 Å². The summed E-state index contributed by atoms with van der Waals surface area (Å²) in [5, 5.41) is 14.4. The first kappa shape index (κ1) is 16.5. The lowest BCUT2D eigenvalue weighted by atomic mass is 9.63. The summed E-state index contributed by atoms with van der Waals surface area (Å²) in [6, 6.07) is 5.44. The summed E-state index contributed by atoms with van der Waals surface area (Å²) in [4.78, 5) is 10.5. The molecular weight excluding hydrogens is 379 g/mol. The molecule has 1 fully saturated rings. The molecule has 1 aromatic carbocycles. The molecule has 0 spiro atoms. The Morgan fingerprint density at radius 1 is 1.24 bits per heavy atom. The van der Waals surface area contributed by atoms with Gasteiger partial charge in [0, 0.05) is 27.4 Å². The third-order valence-electron chi connectivity index (χ3n) is 4.08. The van der Waals surface area contributed by atoms with E-state index in [2.05, 4.69) is 55.6 Å². The number of anilines is 1. The number of nitro benzene ring substituents is 1. The van der Waals surface area contributed by atoms with Crippen LogP contribution in [0.25, 0.3) is 0 Å². The van der Waals surface area contributed by atoms with Crippen molar-refractivity contribution in [3.8, 4) is 0 Å². The van der Waals surface area contributed by atoms with Gasteiger partial charge in [-0.1, -0.05) is 27.7 Å². The molecular formula is C16H23IN2O2. The lowest BCUT2D eigenvalue weighted by molar-refractivity contribution is -0.384. The molecule has 1 N–H and O–H groups in total. The molecule has 0 aliphatic heterocycles. The van der Waals surface area contributed by atoms with Crippen molar-refractivity contribution in [3.05, 3.63) is 31.9 Å². The molecule has 5 heteroatoms. The number of benzene rings is 1. The van der Waals surface area contributed by atoms with Crippen LogP contribution >= 0.6 is 22.6 Å². The summed E-state index contributed by atoms with van der Waals surface area (Å²) in [5.41, 5.74) is 1.80. The topological polar surface area (TPSA) is 55.2 Å². The van der Waals surface area contributed by atoms with Crippen LogP contribution in [0.3, 0.4) is 0 Å². The van der Waals surface area contributed by atoms with Gasteiger partial charge in [-0.3, -0.25) is 10.1 Å². The highest BCUT2D eigenvalue weighted by atomic mass is 127. The monoisotopic (exact) mass is 402 g/mol. The highest BCUT2D eigenvalue weighted by Gasteiger charge is 2.38. The van der Waals surface area contributed by atoms with Crippen LogP contribution < -0.4 is 5.32 Å². The molecule has 0 heterocycles. The van der Waals surface area contributed by atoms with E-state index in [1.165, 1.54) is 6.42 Å². The zero-order valence-electron chi connectivity index (χ0n) is 13.1. The van der Waals surface area contributed by atoms with E-state index in [1.807, 2.05) is 6.07 Å². The summed E-state index contributed by atoms with van der Waals surface area (Å²) in [5.74, 6) is 0. The van der Waals surface area contributed by atoms with Gasteiger partial charge in [0.1, 0.15) is 0 Å². The van der Waals surface area contributed by atoms with Crippen molar-refractivity contribution in [2.24, 2.45) is 10.8 Å². The predicted molar refractivity (Wildman–Crippen MR) is 94.6 cm³/mol. The van der Waals surface area contributed by atoms with E-state index in [4.69, 9.17) is 0 Å². The third kappa shape index (κ3) is 4.31. The quantitative estimate of drug-likeness (QED) is 0.429. The van der Waals surface area contributed by atoms with Gasteiger partial charge in [0.05, 0.1) is 4.92 Å². The third-order valence-corrected chi connectivity index (χ3v) is 4.97. The van der Waals surface area contributed by atoms with E-state index in [-0.39, 0.29) is 10.6 Å². The van der Waals surface area contributed by atoms with Crippen molar-refractivity contribution in [3.63, 3.8) is 0 Å². The van der Waals surface area contributed by atoms with Crippen molar-refractivity contribution in [2.45, 2.75) is 53.0 Å². The highest BCUT2D eigenvalue weighted by molar-refractivity contribution is 14.1. The Balaban J connectivity index is 2.16. The number of non-ortho nitro benzene ring substituents is 1. The van der Waals surface area contributed by atoms with Crippen molar-refractivity contribution in [1.82, 2.24) is 0 Å². The maximum absolute atomic E-state index is 10.8. The SMILES string of the molecule is CC1(C)CC(Nc2ccc([N+](=O)[O-])cc2I)CC(C)(C)C1. The van der Waals surface area contributed by atoms with Gasteiger partial charge in [0.2, 0.25) is 0 Å². The minimum atomic E-state index is -0.348. The number of hydrogen-bond acceptors (Lipinski definition) is 3. The van der Waals surface area contributed by atoms with Gasteiger partial charge >= 0.3 is 0 Å². The molecule has 0 aromatic heterocycles. The second-order valence-electron chi connectivity index (χ2n) is 7.68. The van der Waals surface area contributed by atoms with E-state index in [0.717, 1.165) is 22.1 Å². The Hall–Kier alpha value is -0.850. The second-order valence-corrected chi connectivity index (χ2v) is 8.84. The van der Waals surface area contributed by atoms with Crippen LogP contribution in [-0.4, -0.2) is 11.0 Å². The van der Waals surface area contributed by atoms with E-state index in [0.29, 0.717) is 16.9 Å².